The first-order valence-corrected chi connectivity index (χ1v) is 5.07. The molecule has 0 N–H and O–H groups in total. The van der Waals surface area contributed by atoms with Crippen LogP contribution < -0.4 is 0 Å². The molecule has 0 radical (unpaired) electrons. The second-order valence-corrected chi connectivity index (χ2v) is 2.81. The number of aldehydes is 1. The number of carbonyl (C=O) groups excluding carboxylic acids is 1. The molecule has 0 heterocycles. The summed E-state index contributed by atoms with van der Waals surface area (Å²) in [5, 5.41) is 2.21. The van der Waals surface area contributed by atoms with Crippen LogP contribution in [-0.2, 0) is 4.79 Å². The van der Waals surface area contributed by atoms with Crippen LogP contribution in [0.15, 0.2) is 54.1 Å². The van der Waals surface area contributed by atoms with Crippen molar-refractivity contribution in [2.75, 3.05) is 6.54 Å². The highest BCUT2D eigenvalue weighted by molar-refractivity contribution is 7.78. The van der Waals surface area contributed by atoms with Gasteiger partial charge in [0.25, 0.3) is 0 Å². The molecule has 0 saturated carbocycles. The number of thiocarbonyl (C=S) groups is 1. The van der Waals surface area contributed by atoms with E-state index in [0.29, 0.717) is 6.54 Å². The molecule has 0 aromatic heterocycles. The molecule has 0 unspecified atom stereocenters. The number of benzene rings is 1. The summed E-state index contributed by atoms with van der Waals surface area (Å²) in [6, 6.07) is 9.70. The van der Waals surface area contributed by atoms with E-state index >= 15 is 0 Å². The number of hydrogen-bond acceptors (Lipinski definition) is 3. The Kier molecular flexibility index (Phi) is 9.96. The largest absolute Gasteiger partial charge is 0.299 e. The molecule has 0 amide bonds. The van der Waals surface area contributed by atoms with Gasteiger partial charge in [-0.05, 0) is 23.9 Å². The Hall–Kier alpha value is -1.83. The monoisotopic (exact) mass is 231 g/mol. The van der Waals surface area contributed by atoms with E-state index in [1.54, 1.807) is 12.2 Å². The number of hydrogen-bond donors (Lipinski definition) is 0. The second-order valence-electron chi connectivity index (χ2n) is 2.63. The summed E-state index contributed by atoms with van der Waals surface area (Å²) in [5.74, 6) is 0. The van der Waals surface area contributed by atoms with Crippen LogP contribution in [0.4, 0.5) is 0 Å². The van der Waals surface area contributed by atoms with Crippen molar-refractivity contribution in [2.45, 2.75) is 0 Å². The van der Waals surface area contributed by atoms with Gasteiger partial charge in [-0.25, -0.2) is 4.99 Å². The van der Waals surface area contributed by atoms with E-state index in [9.17, 15) is 4.79 Å². The van der Waals surface area contributed by atoms with Gasteiger partial charge < -0.3 is 0 Å². The second kappa shape index (κ2) is 11.2. The molecule has 1 aromatic carbocycles. The molecule has 0 aliphatic carbocycles. The van der Waals surface area contributed by atoms with E-state index < -0.39 is 0 Å². The van der Waals surface area contributed by atoms with E-state index in [0.717, 1.165) is 11.8 Å². The van der Waals surface area contributed by atoms with Crippen LogP contribution >= 0.6 is 12.2 Å². The summed E-state index contributed by atoms with van der Waals surface area (Å²) in [7, 11) is 0. The summed E-state index contributed by atoms with van der Waals surface area (Å²) >= 11 is 4.25. The van der Waals surface area contributed by atoms with Gasteiger partial charge in [-0.1, -0.05) is 42.5 Å². The van der Waals surface area contributed by atoms with Crippen molar-refractivity contribution in [3.63, 3.8) is 0 Å². The van der Waals surface area contributed by atoms with Crippen LogP contribution in [0.25, 0.3) is 6.08 Å². The Morgan fingerprint density at radius 1 is 1.38 bits per heavy atom. The van der Waals surface area contributed by atoms with Crippen molar-refractivity contribution >= 4 is 29.7 Å². The Morgan fingerprint density at radius 3 is 2.50 bits per heavy atom. The Labute approximate surface area is 101 Å². The number of carbonyl (C=O) groups is 1. The fraction of sp³-hybridized carbons (Fsp3) is 0.0769. The third-order valence-electron chi connectivity index (χ3n) is 1.45. The highest BCUT2D eigenvalue weighted by Crippen LogP contribution is 1.99. The van der Waals surface area contributed by atoms with Gasteiger partial charge in [0.2, 0.25) is 0 Å². The summed E-state index contributed by atoms with van der Waals surface area (Å²) < 4.78 is 0. The molecule has 1 rings (SSSR count). The van der Waals surface area contributed by atoms with Gasteiger partial charge >= 0.3 is 0 Å². The lowest BCUT2D eigenvalue weighted by atomic mass is 10.2. The molecular weight excluding hydrogens is 218 g/mol. The standard InChI is InChI=1S/C9H8O.C4H5NS/c10-8-4-7-9-5-2-1-3-6-9;1-2-3-5-4-6/h1-8H;2H,1,3H2/b7-4+;. The molecule has 0 aliphatic heterocycles. The summed E-state index contributed by atoms with van der Waals surface area (Å²) in [4.78, 5) is 13.4. The molecule has 82 valence electrons. The summed E-state index contributed by atoms with van der Waals surface area (Å²) in [6.07, 6.45) is 5.69. The quantitative estimate of drug-likeness (QED) is 0.262. The first-order valence-electron chi connectivity index (χ1n) is 4.66. The van der Waals surface area contributed by atoms with E-state index in [-0.39, 0.29) is 0 Å². The van der Waals surface area contributed by atoms with Gasteiger partial charge in [0.05, 0.1) is 11.7 Å². The fourth-order valence-corrected chi connectivity index (χ4v) is 0.891. The topological polar surface area (TPSA) is 29.4 Å². The Bertz CT molecular complexity index is 378. The van der Waals surface area contributed by atoms with Crippen LogP contribution in [0, 0.1) is 0 Å². The zero-order chi connectivity index (χ0) is 12.1. The molecule has 2 nitrogen and oxygen atoms in total. The molecule has 0 bridgehead atoms. The first-order chi connectivity index (χ1) is 7.85. The fourth-order valence-electron chi connectivity index (χ4n) is 0.816. The molecule has 0 saturated heterocycles. The third kappa shape index (κ3) is 8.75. The number of nitrogens with zero attached hydrogens (tertiary/aromatic N) is 1. The number of isothiocyanates is 1. The molecule has 0 atom stereocenters. The SMILES string of the molecule is C=CCN=C=S.O=C/C=C/c1ccccc1. The molecule has 0 spiro atoms. The molecule has 1 aromatic rings. The predicted molar refractivity (Wildman–Crippen MR) is 71.6 cm³/mol. The molecular formula is C13H13NOS. The van der Waals surface area contributed by atoms with Gasteiger partial charge in [-0.3, -0.25) is 4.79 Å². The maximum absolute atomic E-state index is 9.89. The van der Waals surface area contributed by atoms with Crippen molar-refractivity contribution in [1.29, 1.82) is 0 Å². The number of allylic oxidation sites excluding steroid dienone is 1. The molecule has 16 heavy (non-hydrogen) atoms. The molecule has 0 aliphatic rings. The van der Waals surface area contributed by atoms with E-state index in [4.69, 9.17) is 0 Å². The van der Waals surface area contributed by atoms with Crippen LogP contribution in [0.2, 0.25) is 0 Å². The van der Waals surface area contributed by atoms with Crippen molar-refractivity contribution in [2.24, 2.45) is 4.99 Å². The highest BCUT2D eigenvalue weighted by atomic mass is 32.1. The van der Waals surface area contributed by atoms with Crippen LogP contribution in [0.1, 0.15) is 5.56 Å². The minimum Gasteiger partial charge on any atom is -0.299 e. The average molecular weight is 231 g/mol. The molecule has 3 heteroatoms. The van der Waals surface area contributed by atoms with Gasteiger partial charge in [-0.2, -0.15) is 0 Å². The maximum Gasteiger partial charge on any atom is 0.142 e. The van der Waals surface area contributed by atoms with Crippen molar-refractivity contribution in [3.05, 3.63) is 54.6 Å². The smallest absolute Gasteiger partial charge is 0.142 e. The maximum atomic E-state index is 9.89. The lowest BCUT2D eigenvalue weighted by Gasteiger charge is -1.86. The zero-order valence-corrected chi connectivity index (χ0v) is 9.69. The van der Waals surface area contributed by atoms with Crippen LogP contribution in [0.5, 0.6) is 0 Å². The van der Waals surface area contributed by atoms with E-state index in [1.165, 1.54) is 6.08 Å². The Morgan fingerprint density at radius 2 is 2.06 bits per heavy atom. The van der Waals surface area contributed by atoms with Gasteiger partial charge in [-0.15, -0.1) is 6.58 Å². The summed E-state index contributed by atoms with van der Waals surface area (Å²) in [5.41, 5.74) is 1.05. The first kappa shape index (κ1) is 14.2. The predicted octanol–water partition coefficient (Wildman–Crippen LogP) is 3.17. The lowest BCUT2D eigenvalue weighted by Crippen LogP contribution is -1.67. The minimum atomic E-state index is 0.587. The van der Waals surface area contributed by atoms with Crippen molar-refractivity contribution < 1.29 is 4.79 Å². The molecule has 0 fully saturated rings. The van der Waals surface area contributed by atoms with Crippen molar-refractivity contribution in [1.82, 2.24) is 0 Å². The number of aliphatic imine (C=N–C) groups is 1. The van der Waals surface area contributed by atoms with Crippen molar-refractivity contribution in [3.8, 4) is 0 Å². The van der Waals surface area contributed by atoms with Gasteiger partial charge in [0.15, 0.2) is 0 Å². The Balaban J connectivity index is 0.000000325. The third-order valence-corrected chi connectivity index (χ3v) is 1.58. The lowest BCUT2D eigenvalue weighted by molar-refractivity contribution is -0.104. The normalized spacial score (nSPS) is 8.50. The number of rotatable bonds is 4. The van der Waals surface area contributed by atoms with Gasteiger partial charge in [0, 0.05) is 0 Å². The minimum absolute atomic E-state index is 0.587. The van der Waals surface area contributed by atoms with E-state index in [2.05, 4.69) is 29.0 Å². The zero-order valence-electron chi connectivity index (χ0n) is 8.87. The average Bonchev–Trinajstić information content (AvgIpc) is 2.36. The van der Waals surface area contributed by atoms with Crippen LogP contribution in [-0.4, -0.2) is 18.0 Å². The van der Waals surface area contributed by atoms with Crippen LogP contribution in [0.3, 0.4) is 0 Å². The van der Waals surface area contributed by atoms with Gasteiger partial charge in [0.1, 0.15) is 6.29 Å². The highest BCUT2D eigenvalue weighted by Gasteiger charge is 1.79. The van der Waals surface area contributed by atoms with E-state index in [1.807, 2.05) is 30.3 Å². The summed E-state index contributed by atoms with van der Waals surface area (Å²) in [6.45, 7) is 4.00.